The van der Waals surface area contributed by atoms with Crippen LogP contribution in [-0.2, 0) is 4.74 Å². The zero-order valence-electron chi connectivity index (χ0n) is 20.2. The Bertz CT molecular complexity index is 1250. The summed E-state index contributed by atoms with van der Waals surface area (Å²) in [4.78, 5) is 39.6. The van der Waals surface area contributed by atoms with Crippen LogP contribution in [0.15, 0.2) is 42.9 Å². The van der Waals surface area contributed by atoms with Crippen molar-refractivity contribution in [1.29, 1.82) is 0 Å². The van der Waals surface area contributed by atoms with Crippen molar-refractivity contribution in [2.24, 2.45) is 0 Å². The van der Waals surface area contributed by atoms with Crippen molar-refractivity contribution >= 4 is 29.2 Å². The minimum absolute atomic E-state index is 0.0923. The summed E-state index contributed by atoms with van der Waals surface area (Å²) in [6.45, 7) is 5.44. The lowest BCUT2D eigenvalue weighted by Gasteiger charge is -2.30. The number of amides is 2. The number of carbonyl (C=O) groups is 2. The van der Waals surface area contributed by atoms with Gasteiger partial charge in [-0.2, -0.15) is 0 Å². The first-order valence-corrected chi connectivity index (χ1v) is 11.7. The van der Waals surface area contributed by atoms with Crippen LogP contribution in [-0.4, -0.2) is 64.6 Å². The Morgan fingerprint density at radius 3 is 2.47 bits per heavy atom. The molecule has 1 atom stereocenters. The number of carbonyl (C=O) groups excluding carboxylic acids is 2. The van der Waals surface area contributed by atoms with Crippen LogP contribution < -0.4 is 14.8 Å². The molecule has 1 fully saturated rings. The Balaban J connectivity index is 1.58. The van der Waals surface area contributed by atoms with Gasteiger partial charge >= 0.3 is 0 Å². The van der Waals surface area contributed by atoms with Gasteiger partial charge in [0.15, 0.2) is 5.82 Å². The van der Waals surface area contributed by atoms with Crippen LogP contribution in [0.4, 0.5) is 5.82 Å². The molecule has 1 N–H and O–H groups in total. The van der Waals surface area contributed by atoms with E-state index in [0.717, 1.165) is 25.2 Å². The van der Waals surface area contributed by atoms with Crippen molar-refractivity contribution in [3.8, 4) is 17.4 Å². The summed E-state index contributed by atoms with van der Waals surface area (Å²) in [5.74, 6) is 0.501. The molecule has 2 aromatic heterocycles. The third-order valence-corrected chi connectivity index (χ3v) is 5.59. The van der Waals surface area contributed by atoms with Crippen molar-refractivity contribution in [2.45, 2.75) is 26.4 Å². The molecule has 0 unspecified atom stereocenters. The molecule has 10 nitrogen and oxygen atoms in total. The van der Waals surface area contributed by atoms with Crippen molar-refractivity contribution in [3.63, 3.8) is 0 Å². The molecule has 0 bridgehead atoms. The molecule has 0 radical (unpaired) electrons. The van der Waals surface area contributed by atoms with Crippen LogP contribution in [0.25, 0.3) is 0 Å². The van der Waals surface area contributed by atoms with Crippen molar-refractivity contribution < 1.29 is 23.8 Å². The van der Waals surface area contributed by atoms with Crippen molar-refractivity contribution in [3.05, 3.63) is 64.7 Å². The van der Waals surface area contributed by atoms with E-state index in [9.17, 15) is 9.59 Å². The lowest BCUT2D eigenvalue weighted by Crippen LogP contribution is -2.42. The fourth-order valence-corrected chi connectivity index (χ4v) is 3.61. The van der Waals surface area contributed by atoms with Crippen LogP contribution in [0.3, 0.4) is 0 Å². The summed E-state index contributed by atoms with van der Waals surface area (Å²) in [6.07, 6.45) is 5.16. The fourth-order valence-electron chi connectivity index (χ4n) is 3.41. The van der Waals surface area contributed by atoms with Crippen LogP contribution in [0.2, 0.25) is 5.02 Å². The smallest absolute Gasteiger partial charge is 0.257 e. The van der Waals surface area contributed by atoms with Gasteiger partial charge in [-0.15, -0.1) is 0 Å². The molecule has 11 heteroatoms. The topological polar surface area (TPSA) is 116 Å². The number of aromatic nitrogens is 3. The van der Waals surface area contributed by atoms with Gasteiger partial charge in [0.25, 0.3) is 11.8 Å². The number of aryl methyl sites for hydroxylation is 1. The van der Waals surface area contributed by atoms with Gasteiger partial charge in [0, 0.05) is 38.0 Å². The highest BCUT2D eigenvalue weighted by atomic mass is 35.5. The second kappa shape index (κ2) is 11.3. The molecule has 3 aromatic rings. The van der Waals surface area contributed by atoms with Crippen LogP contribution in [0, 0.1) is 6.92 Å². The molecule has 1 aliphatic rings. The normalized spacial score (nSPS) is 13.5. The van der Waals surface area contributed by atoms with E-state index in [0.29, 0.717) is 23.7 Å². The third kappa shape index (κ3) is 6.27. The van der Waals surface area contributed by atoms with E-state index >= 15 is 0 Å². The number of rotatable bonds is 9. The highest BCUT2D eigenvalue weighted by Crippen LogP contribution is 2.32. The quantitative estimate of drug-likeness (QED) is 0.455. The second-order valence-corrected chi connectivity index (χ2v) is 8.74. The van der Waals surface area contributed by atoms with Gasteiger partial charge in [0.05, 0.1) is 30.3 Å². The molecule has 3 heterocycles. The minimum Gasteiger partial charge on any atom is -0.488 e. The number of nitrogens with one attached hydrogen (secondary N) is 1. The predicted molar refractivity (Wildman–Crippen MR) is 133 cm³/mol. The van der Waals surface area contributed by atoms with E-state index in [1.165, 1.54) is 24.5 Å². The zero-order chi connectivity index (χ0) is 25.7. The Hall–Kier alpha value is -3.76. The first-order valence-electron chi connectivity index (χ1n) is 11.4. The van der Waals surface area contributed by atoms with E-state index in [1.54, 1.807) is 37.3 Å². The molecule has 4 rings (SSSR count). The van der Waals surface area contributed by atoms with Gasteiger partial charge in [-0.25, -0.2) is 9.97 Å². The predicted octanol–water partition coefficient (Wildman–Crippen LogP) is 4.14. The molecular formula is C25H26ClN5O5. The van der Waals surface area contributed by atoms with E-state index in [4.69, 9.17) is 25.8 Å². The fraction of sp³-hybridized carbons (Fsp3) is 0.320. The number of halogens is 1. The Labute approximate surface area is 213 Å². The Kier molecular flexibility index (Phi) is 7.97. The second-order valence-electron chi connectivity index (χ2n) is 8.33. The number of hydrogen-bond donors (Lipinski definition) is 1. The number of ether oxygens (including phenoxy) is 3. The van der Waals surface area contributed by atoms with Gasteiger partial charge in [-0.1, -0.05) is 11.6 Å². The number of likely N-dealkylation sites (tertiary alicyclic amines) is 1. The SMILES string of the molecule is COC[C@H](C)Oc1cc(Oc2ncc(C(=O)N3CCC3)cc2Cl)cc(C(=O)Nc2cnc(C)cn2)c1. The number of benzene rings is 1. The maximum absolute atomic E-state index is 13.0. The summed E-state index contributed by atoms with van der Waals surface area (Å²) >= 11 is 6.38. The lowest BCUT2D eigenvalue weighted by molar-refractivity contribution is 0.0651. The van der Waals surface area contributed by atoms with E-state index in [1.807, 2.05) is 6.92 Å². The molecule has 188 valence electrons. The van der Waals surface area contributed by atoms with E-state index in [-0.39, 0.29) is 34.2 Å². The molecule has 2 amide bonds. The van der Waals surface area contributed by atoms with Crippen LogP contribution in [0.1, 0.15) is 39.8 Å². The number of anilines is 1. The van der Waals surface area contributed by atoms with Gasteiger partial charge < -0.3 is 24.4 Å². The Morgan fingerprint density at radius 1 is 1.06 bits per heavy atom. The molecular weight excluding hydrogens is 486 g/mol. The highest BCUT2D eigenvalue weighted by molar-refractivity contribution is 6.32. The first-order chi connectivity index (χ1) is 17.3. The number of nitrogens with zero attached hydrogens (tertiary/aromatic N) is 4. The first kappa shape index (κ1) is 25.3. The summed E-state index contributed by atoms with van der Waals surface area (Å²) in [5.41, 5.74) is 1.38. The van der Waals surface area contributed by atoms with Gasteiger partial charge in [0.2, 0.25) is 5.88 Å². The lowest BCUT2D eigenvalue weighted by atomic mass is 10.1. The van der Waals surface area contributed by atoms with Gasteiger partial charge in [-0.05, 0) is 38.5 Å². The molecule has 0 saturated carbocycles. The molecule has 36 heavy (non-hydrogen) atoms. The molecule has 1 aromatic carbocycles. The number of pyridine rings is 1. The average Bonchev–Trinajstić information content (AvgIpc) is 2.80. The van der Waals surface area contributed by atoms with Gasteiger partial charge in [-0.3, -0.25) is 14.6 Å². The van der Waals surface area contributed by atoms with E-state index < -0.39 is 5.91 Å². The molecule has 0 aliphatic carbocycles. The van der Waals surface area contributed by atoms with E-state index in [2.05, 4.69) is 20.3 Å². The zero-order valence-corrected chi connectivity index (χ0v) is 20.9. The number of methoxy groups -OCH3 is 1. The maximum Gasteiger partial charge on any atom is 0.257 e. The summed E-state index contributed by atoms with van der Waals surface area (Å²) in [7, 11) is 1.57. The maximum atomic E-state index is 13.0. The molecule has 1 saturated heterocycles. The van der Waals surface area contributed by atoms with Crippen molar-refractivity contribution in [1.82, 2.24) is 19.9 Å². The summed E-state index contributed by atoms with van der Waals surface area (Å²) in [5, 5.41) is 2.87. The van der Waals surface area contributed by atoms with Gasteiger partial charge in [0.1, 0.15) is 22.6 Å². The average molecular weight is 512 g/mol. The Morgan fingerprint density at radius 2 is 1.83 bits per heavy atom. The highest BCUT2D eigenvalue weighted by Gasteiger charge is 2.23. The standard InChI is InChI=1S/C25H26ClN5O5/c1-15-11-28-22(13-27-15)30-23(32)17-7-19(35-16(2)14-34-3)10-20(8-17)36-24-21(26)9-18(12-29-24)25(33)31-5-4-6-31/h7-13,16H,4-6,14H2,1-3H3,(H,28,30,32)/t16-/m0/s1. The molecule has 0 spiro atoms. The van der Waals surface area contributed by atoms with Crippen LogP contribution in [0.5, 0.6) is 17.4 Å². The van der Waals surface area contributed by atoms with Crippen molar-refractivity contribution in [2.75, 3.05) is 32.1 Å². The molecule has 1 aliphatic heterocycles. The summed E-state index contributed by atoms with van der Waals surface area (Å²) in [6, 6.07) is 6.25. The largest absolute Gasteiger partial charge is 0.488 e. The van der Waals surface area contributed by atoms with Crippen LogP contribution >= 0.6 is 11.6 Å². The third-order valence-electron chi connectivity index (χ3n) is 5.32. The monoisotopic (exact) mass is 511 g/mol. The number of hydrogen-bond acceptors (Lipinski definition) is 8. The summed E-state index contributed by atoms with van der Waals surface area (Å²) < 4.78 is 16.9. The minimum atomic E-state index is -0.433.